The van der Waals surface area contributed by atoms with Gasteiger partial charge in [-0.15, -0.1) is 0 Å². The molecule has 2 aliphatic rings. The van der Waals surface area contributed by atoms with Gasteiger partial charge in [0.15, 0.2) is 11.5 Å². The van der Waals surface area contributed by atoms with Gasteiger partial charge < -0.3 is 19.2 Å². The van der Waals surface area contributed by atoms with E-state index in [0.717, 1.165) is 43.6 Å². The summed E-state index contributed by atoms with van der Waals surface area (Å²) in [6, 6.07) is 6.69. The van der Waals surface area contributed by atoms with Crippen LogP contribution in [0.15, 0.2) is 42.0 Å². The number of ether oxygens (including phenoxy) is 2. The first-order chi connectivity index (χ1) is 18.0. The monoisotopic (exact) mass is 514 g/mol. The predicted octanol–water partition coefficient (Wildman–Crippen LogP) is 7.62. The molecule has 0 N–H and O–H groups in total. The third-order valence-electron chi connectivity index (χ3n) is 6.94. The fraction of sp³-hybridized carbons (Fsp3) is 0.656. The first-order valence-electron chi connectivity index (χ1n) is 14.6. The Morgan fingerprint density at radius 3 is 2.41 bits per heavy atom. The molecule has 2 unspecified atom stereocenters. The average molecular weight is 515 g/mol. The van der Waals surface area contributed by atoms with E-state index in [1.807, 2.05) is 32.9 Å². The molecule has 0 bridgehead atoms. The van der Waals surface area contributed by atoms with Crippen LogP contribution in [0.3, 0.4) is 0 Å². The van der Waals surface area contributed by atoms with Crippen molar-refractivity contribution in [3.05, 3.63) is 47.6 Å². The van der Waals surface area contributed by atoms with Gasteiger partial charge in [-0.2, -0.15) is 0 Å². The summed E-state index contributed by atoms with van der Waals surface area (Å²) in [5, 5.41) is 0. The molecule has 0 amide bonds. The zero-order valence-corrected chi connectivity index (χ0v) is 24.8. The highest BCUT2D eigenvalue weighted by atomic mass is 16.7. The van der Waals surface area contributed by atoms with E-state index in [-0.39, 0.29) is 0 Å². The van der Waals surface area contributed by atoms with Crippen molar-refractivity contribution >= 4 is 6.29 Å². The lowest BCUT2D eigenvalue weighted by Crippen LogP contribution is -2.31. The Labute approximate surface area is 227 Å². The summed E-state index contributed by atoms with van der Waals surface area (Å²) < 4.78 is 10.9. The Hall–Kier alpha value is -2.11. The van der Waals surface area contributed by atoms with Gasteiger partial charge in [-0.3, -0.25) is 4.90 Å². The SMILES string of the molecule is C/C=C\C=C(/C)CCC1CC(c2ccc3c(c2)OCO3)CN1CC=O.CC.CCCCN(C)CCCC. The van der Waals surface area contributed by atoms with Crippen molar-refractivity contribution in [1.29, 1.82) is 0 Å². The first-order valence-corrected chi connectivity index (χ1v) is 14.6. The fourth-order valence-electron chi connectivity index (χ4n) is 4.72. The Balaban J connectivity index is 0.000000483. The number of hydrogen-bond donors (Lipinski definition) is 0. The number of likely N-dealkylation sites (tertiary alicyclic amines) is 1. The largest absolute Gasteiger partial charge is 0.454 e. The van der Waals surface area contributed by atoms with E-state index in [1.54, 1.807) is 0 Å². The Morgan fingerprint density at radius 1 is 1.11 bits per heavy atom. The zero-order valence-electron chi connectivity index (χ0n) is 24.8. The predicted molar refractivity (Wildman–Crippen MR) is 158 cm³/mol. The van der Waals surface area contributed by atoms with Crippen molar-refractivity contribution in [2.75, 3.05) is 40.0 Å². The van der Waals surface area contributed by atoms with Gasteiger partial charge in [0.1, 0.15) is 6.29 Å². The number of unbranched alkanes of at least 4 members (excludes halogenated alkanes) is 2. The van der Waals surface area contributed by atoms with E-state index in [4.69, 9.17) is 9.47 Å². The van der Waals surface area contributed by atoms with Gasteiger partial charge in [-0.25, -0.2) is 0 Å². The van der Waals surface area contributed by atoms with Crippen molar-refractivity contribution in [3.63, 3.8) is 0 Å². The minimum atomic E-state index is 0.307. The number of nitrogens with zero attached hydrogens (tertiary/aromatic N) is 2. The fourth-order valence-corrected chi connectivity index (χ4v) is 4.72. The lowest BCUT2D eigenvalue weighted by molar-refractivity contribution is -0.109. The van der Waals surface area contributed by atoms with E-state index >= 15 is 0 Å². The Kier molecular flexibility index (Phi) is 17.7. The molecule has 2 atom stereocenters. The van der Waals surface area contributed by atoms with Crippen LogP contribution in [0.1, 0.15) is 98.0 Å². The van der Waals surface area contributed by atoms with Gasteiger partial charge in [0.2, 0.25) is 6.79 Å². The second kappa shape index (κ2) is 19.9. The maximum Gasteiger partial charge on any atom is 0.231 e. The molecular weight excluding hydrogens is 460 g/mol. The molecule has 1 fully saturated rings. The van der Waals surface area contributed by atoms with Crippen molar-refractivity contribution in [2.24, 2.45) is 0 Å². The van der Waals surface area contributed by atoms with Crippen LogP contribution >= 0.6 is 0 Å². The zero-order chi connectivity index (χ0) is 27.5. The molecule has 0 aliphatic carbocycles. The molecule has 0 spiro atoms. The lowest BCUT2D eigenvalue weighted by Gasteiger charge is -2.21. The number of carbonyl (C=O) groups is 1. The molecule has 5 nitrogen and oxygen atoms in total. The Morgan fingerprint density at radius 2 is 1.78 bits per heavy atom. The average Bonchev–Trinajstić information content (AvgIpc) is 3.56. The molecule has 0 radical (unpaired) electrons. The number of fused-ring (bicyclic) bond motifs is 1. The summed E-state index contributed by atoms with van der Waals surface area (Å²) in [5.41, 5.74) is 2.67. The van der Waals surface area contributed by atoms with Gasteiger partial charge in [-0.05, 0) is 89.7 Å². The summed E-state index contributed by atoms with van der Waals surface area (Å²) in [4.78, 5) is 15.8. The van der Waals surface area contributed by atoms with Crippen LogP contribution in [0.4, 0.5) is 0 Å². The molecule has 0 saturated carbocycles. The van der Waals surface area contributed by atoms with Gasteiger partial charge >= 0.3 is 0 Å². The van der Waals surface area contributed by atoms with E-state index in [1.165, 1.54) is 49.9 Å². The number of benzene rings is 1. The highest BCUT2D eigenvalue weighted by molar-refractivity contribution is 5.52. The van der Waals surface area contributed by atoms with Crippen LogP contribution < -0.4 is 9.47 Å². The smallest absolute Gasteiger partial charge is 0.231 e. The standard InChI is InChI=1S/C21H27NO3.C9H21N.C2H6/c1-3-4-5-16(2)6-8-19-12-18(14-22(19)10-11-23)17-7-9-20-21(13-17)25-15-24-20;1-4-6-8-10(3)9-7-5-2;1-2/h3-5,7,9,11,13,18-19H,6,8,10,12,14-15H2,1-2H3;4-9H2,1-3H3;1-2H3/b4-3-,16-5+;;. The maximum atomic E-state index is 11.1. The van der Waals surface area contributed by atoms with Crippen LogP contribution in [-0.4, -0.2) is 62.1 Å². The molecule has 2 heterocycles. The second-order valence-electron chi connectivity index (χ2n) is 9.91. The van der Waals surface area contributed by atoms with Crippen molar-refractivity contribution in [1.82, 2.24) is 9.80 Å². The van der Waals surface area contributed by atoms with Crippen LogP contribution in [-0.2, 0) is 4.79 Å². The third-order valence-corrected chi connectivity index (χ3v) is 6.94. The minimum Gasteiger partial charge on any atom is -0.454 e. The van der Waals surface area contributed by atoms with E-state index in [2.05, 4.69) is 61.9 Å². The second-order valence-corrected chi connectivity index (χ2v) is 9.91. The van der Waals surface area contributed by atoms with E-state index < -0.39 is 0 Å². The highest BCUT2D eigenvalue weighted by Gasteiger charge is 2.33. The van der Waals surface area contributed by atoms with Crippen molar-refractivity contribution in [2.45, 2.75) is 98.4 Å². The molecule has 3 rings (SSSR count). The van der Waals surface area contributed by atoms with Crippen LogP contribution in [0.5, 0.6) is 11.5 Å². The summed E-state index contributed by atoms with van der Waals surface area (Å²) >= 11 is 0. The van der Waals surface area contributed by atoms with Crippen LogP contribution in [0, 0.1) is 0 Å². The summed E-state index contributed by atoms with van der Waals surface area (Å²) in [6.07, 6.45) is 15.9. The number of rotatable bonds is 13. The lowest BCUT2D eigenvalue weighted by atomic mass is 9.94. The molecule has 1 saturated heterocycles. The molecule has 37 heavy (non-hydrogen) atoms. The first kappa shape index (κ1) is 32.9. The summed E-state index contributed by atoms with van der Waals surface area (Å²) in [7, 11) is 2.21. The van der Waals surface area contributed by atoms with Gasteiger partial charge in [0, 0.05) is 12.6 Å². The molecule has 5 heteroatoms. The van der Waals surface area contributed by atoms with Crippen molar-refractivity contribution in [3.8, 4) is 11.5 Å². The number of allylic oxidation sites excluding steroid dienone is 4. The van der Waals surface area contributed by atoms with Crippen molar-refractivity contribution < 1.29 is 14.3 Å². The van der Waals surface area contributed by atoms with Crippen LogP contribution in [0.25, 0.3) is 0 Å². The normalized spacial score (nSPS) is 19.0. The van der Waals surface area contributed by atoms with Gasteiger partial charge in [-0.1, -0.05) is 70.4 Å². The van der Waals surface area contributed by atoms with E-state index in [9.17, 15) is 4.79 Å². The minimum absolute atomic E-state index is 0.307. The number of hydrogen-bond acceptors (Lipinski definition) is 5. The topological polar surface area (TPSA) is 42.0 Å². The molecule has 2 aliphatic heterocycles. The molecule has 1 aromatic rings. The number of aldehydes is 1. The third kappa shape index (κ3) is 12.3. The number of carbonyl (C=O) groups excluding carboxylic acids is 1. The van der Waals surface area contributed by atoms with Gasteiger partial charge in [0.25, 0.3) is 0 Å². The molecular formula is C32H54N2O3. The van der Waals surface area contributed by atoms with Crippen LogP contribution in [0.2, 0.25) is 0 Å². The highest BCUT2D eigenvalue weighted by Crippen LogP contribution is 2.39. The Bertz CT molecular complexity index is 797. The maximum absolute atomic E-state index is 11.1. The molecule has 1 aromatic carbocycles. The summed E-state index contributed by atoms with van der Waals surface area (Å²) in [5.74, 6) is 2.11. The molecule has 210 valence electrons. The van der Waals surface area contributed by atoms with E-state index in [0.29, 0.717) is 25.3 Å². The quantitative estimate of drug-likeness (QED) is 0.200. The summed E-state index contributed by atoms with van der Waals surface area (Å²) in [6.45, 7) is 17.0. The van der Waals surface area contributed by atoms with Gasteiger partial charge in [0.05, 0.1) is 6.54 Å². The molecule has 0 aromatic heterocycles.